The number of benzene rings is 1. The normalized spacial score (nSPS) is 10.5. The third-order valence-corrected chi connectivity index (χ3v) is 2.88. The van der Waals surface area contributed by atoms with Gasteiger partial charge in [-0.1, -0.05) is 23.2 Å². The lowest BCUT2D eigenvalue weighted by Gasteiger charge is -2.10. The Morgan fingerprint density at radius 1 is 1.47 bits per heavy atom. The Kier molecular flexibility index (Phi) is 3.97. The minimum Gasteiger partial charge on any atom is -0.486 e. The molecule has 100 valence electrons. The molecule has 0 aliphatic rings. The highest BCUT2D eigenvalue weighted by molar-refractivity contribution is 6.36. The first kappa shape index (κ1) is 13.7. The molecule has 0 atom stereocenters. The molecule has 0 unspecified atom stereocenters. The van der Waals surface area contributed by atoms with E-state index in [4.69, 9.17) is 33.0 Å². The molecule has 0 fully saturated rings. The topological polar surface area (TPSA) is 64.3 Å². The summed E-state index contributed by atoms with van der Waals surface area (Å²) in [4.78, 5) is 11.1. The van der Waals surface area contributed by atoms with Crippen molar-refractivity contribution >= 4 is 29.2 Å². The molecule has 1 aromatic carbocycles. The van der Waals surface area contributed by atoms with Crippen LogP contribution >= 0.6 is 23.2 Å². The van der Waals surface area contributed by atoms with Gasteiger partial charge in [-0.3, -0.25) is 4.68 Å². The lowest BCUT2D eigenvalue weighted by atomic mass is 10.2. The summed E-state index contributed by atoms with van der Waals surface area (Å²) in [7, 11) is 1.78. The van der Waals surface area contributed by atoms with E-state index >= 15 is 0 Å². The first-order chi connectivity index (χ1) is 8.97. The fourth-order valence-electron chi connectivity index (χ4n) is 1.57. The maximum Gasteiger partial charge on any atom is 0.339 e. The summed E-state index contributed by atoms with van der Waals surface area (Å²) in [5, 5.41) is 13.5. The second-order valence-electron chi connectivity index (χ2n) is 3.88. The molecule has 0 saturated carbocycles. The van der Waals surface area contributed by atoms with Gasteiger partial charge < -0.3 is 9.84 Å². The monoisotopic (exact) mass is 300 g/mol. The van der Waals surface area contributed by atoms with E-state index in [-0.39, 0.29) is 28.0 Å². The molecule has 1 N–H and O–H groups in total. The molecule has 0 bridgehead atoms. The number of aromatic carboxylic acids is 1. The van der Waals surface area contributed by atoms with E-state index in [9.17, 15) is 4.79 Å². The summed E-state index contributed by atoms with van der Waals surface area (Å²) < 4.78 is 7.08. The van der Waals surface area contributed by atoms with Gasteiger partial charge in [0.05, 0.1) is 11.2 Å². The summed E-state index contributed by atoms with van der Waals surface area (Å²) in [6, 6.07) is 2.74. The molecule has 1 aromatic heterocycles. The molecule has 0 aliphatic carbocycles. The van der Waals surface area contributed by atoms with Gasteiger partial charge >= 0.3 is 5.97 Å². The molecule has 0 saturated heterocycles. The average Bonchev–Trinajstić information content (AvgIpc) is 2.73. The number of carboxylic acids is 1. The third-order valence-electron chi connectivity index (χ3n) is 2.38. The predicted molar refractivity (Wildman–Crippen MR) is 71.0 cm³/mol. The Labute approximate surface area is 119 Å². The summed E-state index contributed by atoms with van der Waals surface area (Å²) in [5.74, 6) is -1.05. The standard InChI is InChI=1S/C12H10Cl2N2O3/c1-16-5-7(4-15-16)6-19-11-9(12(17)18)2-8(13)3-10(11)14/h2-5H,6H2,1H3,(H,17,18). The molecule has 2 rings (SSSR count). The zero-order valence-corrected chi connectivity index (χ0v) is 11.4. The van der Waals surface area contributed by atoms with Crippen LogP contribution in [0.25, 0.3) is 0 Å². The average molecular weight is 301 g/mol. The van der Waals surface area contributed by atoms with Crippen molar-refractivity contribution in [2.75, 3.05) is 0 Å². The maximum atomic E-state index is 11.1. The lowest BCUT2D eigenvalue weighted by Crippen LogP contribution is -2.04. The zero-order chi connectivity index (χ0) is 14.0. The number of nitrogens with zero attached hydrogens (tertiary/aromatic N) is 2. The zero-order valence-electron chi connectivity index (χ0n) is 9.93. The Bertz CT molecular complexity index is 625. The van der Waals surface area contributed by atoms with E-state index in [1.807, 2.05) is 0 Å². The van der Waals surface area contributed by atoms with Gasteiger partial charge in [0.2, 0.25) is 0 Å². The van der Waals surface area contributed by atoms with Crippen LogP contribution in [0.3, 0.4) is 0 Å². The van der Waals surface area contributed by atoms with Gasteiger partial charge in [-0.2, -0.15) is 5.10 Å². The van der Waals surface area contributed by atoms with E-state index in [1.165, 1.54) is 12.1 Å². The molecular formula is C12H10Cl2N2O3. The number of rotatable bonds is 4. The Morgan fingerprint density at radius 3 is 2.79 bits per heavy atom. The number of hydrogen-bond donors (Lipinski definition) is 1. The molecule has 7 heteroatoms. The van der Waals surface area contributed by atoms with Gasteiger partial charge in [0.15, 0.2) is 5.75 Å². The van der Waals surface area contributed by atoms with Crippen LogP contribution in [0.5, 0.6) is 5.75 Å². The molecule has 0 spiro atoms. The molecule has 0 amide bonds. The third kappa shape index (κ3) is 3.19. The van der Waals surface area contributed by atoms with Crippen molar-refractivity contribution in [2.24, 2.45) is 7.05 Å². The fourth-order valence-corrected chi connectivity index (χ4v) is 2.12. The molecule has 5 nitrogen and oxygen atoms in total. The van der Waals surface area contributed by atoms with Gasteiger partial charge in [-0.15, -0.1) is 0 Å². The summed E-state index contributed by atoms with van der Waals surface area (Å²) in [6.45, 7) is 0.176. The van der Waals surface area contributed by atoms with Crippen LogP contribution in [-0.4, -0.2) is 20.9 Å². The van der Waals surface area contributed by atoms with Gasteiger partial charge in [-0.25, -0.2) is 4.79 Å². The number of aromatic nitrogens is 2. The molecule has 19 heavy (non-hydrogen) atoms. The van der Waals surface area contributed by atoms with Gasteiger partial charge in [0, 0.05) is 23.8 Å². The Morgan fingerprint density at radius 2 is 2.21 bits per heavy atom. The highest BCUT2D eigenvalue weighted by Crippen LogP contribution is 2.33. The van der Waals surface area contributed by atoms with E-state index in [1.54, 1.807) is 24.1 Å². The van der Waals surface area contributed by atoms with Gasteiger partial charge in [0.1, 0.15) is 12.2 Å². The van der Waals surface area contributed by atoms with Crippen LogP contribution in [0.4, 0.5) is 0 Å². The van der Waals surface area contributed by atoms with Crippen molar-refractivity contribution in [3.05, 3.63) is 45.7 Å². The Balaban J connectivity index is 2.26. The first-order valence-electron chi connectivity index (χ1n) is 5.30. The quantitative estimate of drug-likeness (QED) is 0.943. The van der Waals surface area contributed by atoms with Crippen molar-refractivity contribution in [2.45, 2.75) is 6.61 Å². The molecule has 1 heterocycles. The highest BCUT2D eigenvalue weighted by Gasteiger charge is 2.16. The number of ether oxygens (including phenoxy) is 1. The lowest BCUT2D eigenvalue weighted by molar-refractivity contribution is 0.0691. The smallest absolute Gasteiger partial charge is 0.339 e. The second kappa shape index (κ2) is 5.50. The van der Waals surface area contributed by atoms with Gasteiger partial charge in [0.25, 0.3) is 0 Å². The number of carbonyl (C=O) groups is 1. The molecule has 0 radical (unpaired) electrons. The van der Waals surface area contributed by atoms with E-state index < -0.39 is 5.97 Å². The molecular weight excluding hydrogens is 291 g/mol. The van der Waals surface area contributed by atoms with Crippen molar-refractivity contribution in [1.82, 2.24) is 9.78 Å². The summed E-state index contributed by atoms with van der Waals surface area (Å²) >= 11 is 11.7. The van der Waals surface area contributed by atoms with Crippen LogP contribution < -0.4 is 4.74 Å². The summed E-state index contributed by atoms with van der Waals surface area (Å²) in [6.07, 6.45) is 3.40. The van der Waals surface area contributed by atoms with Crippen molar-refractivity contribution in [3.63, 3.8) is 0 Å². The van der Waals surface area contributed by atoms with Crippen LogP contribution in [0.2, 0.25) is 10.0 Å². The summed E-state index contributed by atoms with van der Waals surface area (Å²) in [5.41, 5.74) is 0.742. The van der Waals surface area contributed by atoms with Gasteiger partial charge in [-0.05, 0) is 12.1 Å². The van der Waals surface area contributed by atoms with E-state index in [2.05, 4.69) is 5.10 Å². The van der Waals surface area contributed by atoms with Crippen molar-refractivity contribution in [3.8, 4) is 5.75 Å². The van der Waals surface area contributed by atoms with Crippen LogP contribution in [0.1, 0.15) is 15.9 Å². The number of carboxylic acid groups (broad SMARTS) is 1. The maximum absolute atomic E-state index is 11.1. The fraction of sp³-hybridized carbons (Fsp3) is 0.167. The van der Waals surface area contributed by atoms with E-state index in [0.29, 0.717) is 0 Å². The van der Waals surface area contributed by atoms with Crippen molar-refractivity contribution < 1.29 is 14.6 Å². The minimum absolute atomic E-state index is 0.0682. The number of hydrogen-bond acceptors (Lipinski definition) is 3. The largest absolute Gasteiger partial charge is 0.486 e. The predicted octanol–water partition coefficient (Wildman–Crippen LogP) is 3.00. The van der Waals surface area contributed by atoms with Crippen LogP contribution in [-0.2, 0) is 13.7 Å². The first-order valence-corrected chi connectivity index (χ1v) is 6.05. The van der Waals surface area contributed by atoms with Crippen molar-refractivity contribution in [1.29, 1.82) is 0 Å². The van der Waals surface area contributed by atoms with Crippen LogP contribution in [0.15, 0.2) is 24.5 Å². The number of halogens is 2. The SMILES string of the molecule is Cn1cc(COc2c(Cl)cc(Cl)cc2C(=O)O)cn1. The number of aryl methyl sites for hydroxylation is 1. The molecule has 2 aromatic rings. The van der Waals surface area contributed by atoms with E-state index in [0.717, 1.165) is 5.56 Å². The molecule has 0 aliphatic heterocycles. The highest BCUT2D eigenvalue weighted by atomic mass is 35.5. The van der Waals surface area contributed by atoms with Crippen LogP contribution in [0, 0.1) is 0 Å². The second-order valence-corrected chi connectivity index (χ2v) is 4.72. The Hall–Kier alpha value is -1.72. The minimum atomic E-state index is -1.15.